The average molecular weight is 260 g/mol. The maximum absolute atomic E-state index is 13.2. The Hall–Kier alpha value is -2.56. The van der Waals surface area contributed by atoms with Crippen LogP contribution in [0.5, 0.6) is 17.2 Å². The second-order valence-electron chi connectivity index (χ2n) is 3.81. The number of halogens is 1. The van der Waals surface area contributed by atoms with Crippen molar-refractivity contribution in [2.45, 2.75) is 0 Å². The molecule has 0 fully saturated rings. The van der Waals surface area contributed by atoms with Gasteiger partial charge < -0.3 is 15.2 Å². The minimum absolute atomic E-state index is 0.200. The van der Waals surface area contributed by atoms with Crippen LogP contribution in [0.15, 0.2) is 42.5 Å². The third-order valence-corrected chi connectivity index (χ3v) is 2.52. The second-order valence-corrected chi connectivity index (χ2v) is 3.81. The van der Waals surface area contributed by atoms with Crippen molar-refractivity contribution in [3.63, 3.8) is 0 Å². The molecule has 2 aromatic carbocycles. The van der Waals surface area contributed by atoms with E-state index in [1.54, 1.807) is 18.2 Å². The summed E-state index contributed by atoms with van der Waals surface area (Å²) >= 11 is 0. The normalized spacial score (nSPS) is 10.0. The summed E-state index contributed by atoms with van der Waals surface area (Å²) in [5.74, 6) is 0.584. The number of nitrogen functional groups attached to an aromatic ring is 1. The SMILES string of the molecule is COc1ccccc1Oc1ccc(F)cc1C(=N)N. The zero-order valence-electron chi connectivity index (χ0n) is 10.3. The molecular formula is C14H13FN2O2. The van der Waals surface area contributed by atoms with Crippen molar-refractivity contribution in [2.75, 3.05) is 7.11 Å². The van der Waals surface area contributed by atoms with E-state index >= 15 is 0 Å². The Balaban J connectivity index is 2.41. The maximum Gasteiger partial charge on any atom is 0.169 e. The molecule has 0 aliphatic rings. The van der Waals surface area contributed by atoms with E-state index in [2.05, 4.69) is 0 Å². The Kier molecular flexibility index (Phi) is 3.66. The lowest BCUT2D eigenvalue weighted by Crippen LogP contribution is -2.12. The predicted molar refractivity (Wildman–Crippen MR) is 70.5 cm³/mol. The van der Waals surface area contributed by atoms with Gasteiger partial charge in [-0.3, -0.25) is 5.41 Å². The minimum Gasteiger partial charge on any atom is -0.493 e. The molecule has 0 spiro atoms. The highest BCUT2D eigenvalue weighted by atomic mass is 19.1. The van der Waals surface area contributed by atoms with Gasteiger partial charge in [0.15, 0.2) is 11.5 Å². The first kappa shape index (κ1) is 12.9. The van der Waals surface area contributed by atoms with Crippen LogP contribution in [0.2, 0.25) is 0 Å². The molecule has 0 aliphatic heterocycles. The highest BCUT2D eigenvalue weighted by Gasteiger charge is 2.11. The molecule has 5 heteroatoms. The predicted octanol–water partition coefficient (Wildman–Crippen LogP) is 2.91. The van der Waals surface area contributed by atoms with Gasteiger partial charge in [0.05, 0.1) is 12.7 Å². The van der Waals surface area contributed by atoms with Crippen molar-refractivity contribution in [3.05, 3.63) is 53.8 Å². The van der Waals surface area contributed by atoms with Crippen LogP contribution in [-0.2, 0) is 0 Å². The molecule has 0 saturated carbocycles. The monoisotopic (exact) mass is 260 g/mol. The largest absolute Gasteiger partial charge is 0.493 e. The first-order valence-electron chi connectivity index (χ1n) is 5.56. The molecule has 0 atom stereocenters. The number of amidine groups is 1. The van der Waals surface area contributed by atoms with Crippen molar-refractivity contribution < 1.29 is 13.9 Å². The quantitative estimate of drug-likeness (QED) is 0.656. The van der Waals surface area contributed by atoms with E-state index in [4.69, 9.17) is 20.6 Å². The summed E-state index contributed by atoms with van der Waals surface area (Å²) < 4.78 is 24.0. The van der Waals surface area contributed by atoms with Gasteiger partial charge in [-0.1, -0.05) is 12.1 Å². The summed E-state index contributed by atoms with van der Waals surface area (Å²) in [4.78, 5) is 0. The molecule has 98 valence electrons. The van der Waals surface area contributed by atoms with Gasteiger partial charge in [0.2, 0.25) is 0 Å². The summed E-state index contributed by atoms with van der Waals surface area (Å²) in [5, 5.41) is 7.44. The molecule has 0 radical (unpaired) electrons. The molecule has 2 rings (SSSR count). The van der Waals surface area contributed by atoms with E-state index in [1.807, 2.05) is 6.07 Å². The van der Waals surface area contributed by atoms with Gasteiger partial charge in [0, 0.05) is 0 Å². The van der Waals surface area contributed by atoms with E-state index in [-0.39, 0.29) is 11.4 Å². The molecule has 3 N–H and O–H groups in total. The van der Waals surface area contributed by atoms with E-state index in [1.165, 1.54) is 19.2 Å². The Bertz CT molecular complexity index is 614. The standard InChI is InChI=1S/C14H13FN2O2/c1-18-12-4-2-3-5-13(12)19-11-7-6-9(15)8-10(11)14(16)17/h2-8H,1H3,(H3,16,17). The minimum atomic E-state index is -0.474. The van der Waals surface area contributed by atoms with Crippen molar-refractivity contribution in [2.24, 2.45) is 5.73 Å². The number of nitrogens with one attached hydrogen (secondary N) is 1. The summed E-state index contributed by atoms with van der Waals surface area (Å²) in [6, 6.07) is 10.9. The van der Waals surface area contributed by atoms with E-state index in [0.29, 0.717) is 17.2 Å². The molecule has 0 bridgehead atoms. The molecule has 19 heavy (non-hydrogen) atoms. The Labute approximate surface area is 110 Å². The molecule has 0 heterocycles. The number of rotatable bonds is 4. The Morgan fingerprint density at radius 2 is 1.79 bits per heavy atom. The van der Waals surface area contributed by atoms with Crippen molar-refractivity contribution >= 4 is 5.84 Å². The van der Waals surface area contributed by atoms with Gasteiger partial charge in [-0.05, 0) is 30.3 Å². The second kappa shape index (κ2) is 5.39. The van der Waals surface area contributed by atoms with Crippen molar-refractivity contribution in [1.82, 2.24) is 0 Å². The number of hydrogen-bond acceptors (Lipinski definition) is 3. The third-order valence-electron chi connectivity index (χ3n) is 2.52. The molecule has 0 aliphatic carbocycles. The number of benzene rings is 2. The summed E-state index contributed by atoms with van der Waals surface area (Å²) in [6.45, 7) is 0. The van der Waals surface area contributed by atoms with Crippen LogP contribution >= 0.6 is 0 Å². The fourth-order valence-electron chi connectivity index (χ4n) is 1.62. The number of ether oxygens (including phenoxy) is 2. The summed E-state index contributed by atoms with van der Waals surface area (Å²) in [6.07, 6.45) is 0. The van der Waals surface area contributed by atoms with Crippen LogP contribution in [0, 0.1) is 11.2 Å². The smallest absolute Gasteiger partial charge is 0.169 e. The lowest BCUT2D eigenvalue weighted by Gasteiger charge is -2.12. The van der Waals surface area contributed by atoms with Gasteiger partial charge >= 0.3 is 0 Å². The number of para-hydroxylation sites is 2. The van der Waals surface area contributed by atoms with Crippen LogP contribution in [0.3, 0.4) is 0 Å². The molecule has 0 unspecified atom stereocenters. The number of methoxy groups -OCH3 is 1. The van der Waals surface area contributed by atoms with Crippen LogP contribution in [0.25, 0.3) is 0 Å². The van der Waals surface area contributed by atoms with Gasteiger partial charge in [-0.25, -0.2) is 4.39 Å². The first-order chi connectivity index (χ1) is 9.11. The molecule has 0 saturated heterocycles. The topological polar surface area (TPSA) is 68.3 Å². The Morgan fingerprint density at radius 1 is 1.11 bits per heavy atom. The third kappa shape index (κ3) is 2.82. The fourth-order valence-corrected chi connectivity index (χ4v) is 1.62. The van der Waals surface area contributed by atoms with Gasteiger partial charge in [0.1, 0.15) is 17.4 Å². The molecular weight excluding hydrogens is 247 g/mol. The first-order valence-corrected chi connectivity index (χ1v) is 5.56. The van der Waals surface area contributed by atoms with Crippen molar-refractivity contribution in [1.29, 1.82) is 5.41 Å². The van der Waals surface area contributed by atoms with Gasteiger partial charge in [-0.2, -0.15) is 0 Å². The maximum atomic E-state index is 13.2. The number of nitrogens with two attached hydrogens (primary N) is 1. The van der Waals surface area contributed by atoms with E-state index < -0.39 is 5.82 Å². The van der Waals surface area contributed by atoms with Gasteiger partial charge in [-0.15, -0.1) is 0 Å². The Morgan fingerprint density at radius 3 is 2.42 bits per heavy atom. The molecule has 2 aromatic rings. The zero-order chi connectivity index (χ0) is 13.8. The van der Waals surface area contributed by atoms with Crippen LogP contribution in [0.4, 0.5) is 4.39 Å². The molecule has 4 nitrogen and oxygen atoms in total. The van der Waals surface area contributed by atoms with Crippen LogP contribution in [0.1, 0.15) is 5.56 Å². The summed E-state index contributed by atoms with van der Waals surface area (Å²) in [5.41, 5.74) is 5.61. The number of hydrogen-bond donors (Lipinski definition) is 2. The van der Waals surface area contributed by atoms with Crippen LogP contribution in [-0.4, -0.2) is 12.9 Å². The molecule has 0 aromatic heterocycles. The highest BCUT2D eigenvalue weighted by molar-refractivity contribution is 5.97. The molecule has 0 amide bonds. The van der Waals surface area contributed by atoms with Gasteiger partial charge in [0.25, 0.3) is 0 Å². The van der Waals surface area contributed by atoms with Crippen LogP contribution < -0.4 is 15.2 Å². The fraction of sp³-hybridized carbons (Fsp3) is 0.0714. The zero-order valence-corrected chi connectivity index (χ0v) is 10.3. The lowest BCUT2D eigenvalue weighted by molar-refractivity contribution is 0.378. The summed E-state index contributed by atoms with van der Waals surface area (Å²) in [7, 11) is 1.53. The van der Waals surface area contributed by atoms with Crippen molar-refractivity contribution in [3.8, 4) is 17.2 Å². The highest BCUT2D eigenvalue weighted by Crippen LogP contribution is 2.32. The lowest BCUT2D eigenvalue weighted by atomic mass is 10.2. The average Bonchev–Trinajstić information content (AvgIpc) is 2.41. The van der Waals surface area contributed by atoms with E-state index in [0.717, 1.165) is 6.07 Å². The van der Waals surface area contributed by atoms with E-state index in [9.17, 15) is 4.39 Å².